The Morgan fingerprint density at radius 3 is 1.65 bits per heavy atom. The number of hydrogen-bond donors (Lipinski definition) is 0. The molecule has 1 aromatic heterocycles. The average Bonchev–Trinajstić information content (AvgIpc) is 3.56. The second-order valence-corrected chi connectivity index (χ2v) is 17.2. The fraction of sp³-hybridized carbons (Fsp3) is 0.0227. The van der Waals surface area contributed by atoms with Crippen LogP contribution in [0.5, 0.6) is 0 Å². The lowest BCUT2D eigenvalue weighted by atomic mass is 10.0. The first-order valence-corrected chi connectivity index (χ1v) is 19.4. The Bertz CT molecular complexity index is 2360. The van der Waals surface area contributed by atoms with Gasteiger partial charge in [-0.2, -0.15) is 0 Å². The van der Waals surface area contributed by atoms with Gasteiger partial charge in [-0.15, -0.1) is 11.8 Å². The van der Waals surface area contributed by atoms with Crippen molar-refractivity contribution >= 4 is 51.6 Å². The summed E-state index contributed by atoms with van der Waals surface area (Å²) in [5.74, 6) is 1.98. The molecule has 8 aromatic rings. The van der Waals surface area contributed by atoms with Crippen molar-refractivity contribution in [2.75, 3.05) is 0 Å². The number of nitrogens with zero attached hydrogens (tertiary/aromatic N) is 2. The quantitative estimate of drug-likeness (QED) is 0.133. The lowest BCUT2D eigenvalue weighted by Crippen LogP contribution is -2.74. The highest BCUT2D eigenvalue weighted by molar-refractivity contribution is 7.98. The van der Waals surface area contributed by atoms with Crippen molar-refractivity contribution in [1.82, 2.24) is 9.55 Å². The summed E-state index contributed by atoms with van der Waals surface area (Å²) in [6, 6.07) is 67.2. The molecule has 1 aliphatic rings. The van der Waals surface area contributed by atoms with Gasteiger partial charge in [0.1, 0.15) is 5.82 Å². The zero-order chi connectivity index (χ0) is 31.9. The molecule has 0 bridgehead atoms. The van der Waals surface area contributed by atoms with Crippen LogP contribution in [0.25, 0.3) is 39.0 Å². The van der Waals surface area contributed by atoms with Crippen LogP contribution in [0.4, 0.5) is 0 Å². The van der Waals surface area contributed by atoms with Crippen LogP contribution in [0.1, 0.15) is 5.82 Å². The Balaban J connectivity index is 1.27. The molecule has 2 nitrogen and oxygen atoms in total. The minimum atomic E-state index is -2.76. The molecule has 0 aliphatic carbocycles. The predicted molar refractivity (Wildman–Crippen MR) is 205 cm³/mol. The highest BCUT2D eigenvalue weighted by Gasteiger charge is 2.41. The number of hydrogen-bond acceptors (Lipinski definition) is 2. The van der Waals surface area contributed by atoms with E-state index in [-0.39, 0.29) is 0 Å². The summed E-state index contributed by atoms with van der Waals surface area (Å²) in [6.45, 7) is 0. The molecular weight excluding hydrogens is 617 g/mol. The van der Waals surface area contributed by atoms with Crippen molar-refractivity contribution in [1.29, 1.82) is 0 Å². The lowest BCUT2D eigenvalue weighted by molar-refractivity contribution is 0.946. The third-order valence-electron chi connectivity index (χ3n) is 9.63. The molecule has 7 aromatic carbocycles. The summed E-state index contributed by atoms with van der Waals surface area (Å²) in [5, 5.41) is 5.48. The van der Waals surface area contributed by atoms with Crippen molar-refractivity contribution in [2.45, 2.75) is 10.6 Å². The zero-order valence-corrected chi connectivity index (χ0v) is 28.1. The van der Waals surface area contributed by atoms with Crippen LogP contribution >= 0.6 is 11.8 Å². The molecule has 0 unspecified atom stereocenters. The van der Waals surface area contributed by atoms with Crippen LogP contribution in [-0.2, 0) is 5.75 Å². The normalized spacial score (nSPS) is 12.4. The number of imidazole rings is 1. The fourth-order valence-electron chi connectivity index (χ4n) is 7.45. The van der Waals surface area contributed by atoms with Gasteiger partial charge in [-0.1, -0.05) is 158 Å². The molecule has 0 radical (unpaired) electrons. The van der Waals surface area contributed by atoms with E-state index in [1.165, 1.54) is 53.6 Å². The van der Waals surface area contributed by atoms with Crippen LogP contribution < -0.4 is 20.7 Å². The Labute approximate surface area is 286 Å². The molecular formula is C44H32N2SSi. The van der Waals surface area contributed by atoms with E-state index in [0.29, 0.717) is 0 Å². The highest BCUT2D eigenvalue weighted by Crippen LogP contribution is 2.39. The summed E-state index contributed by atoms with van der Waals surface area (Å²) in [7, 11) is -2.76. The minimum absolute atomic E-state index is 0.876. The molecule has 9 rings (SSSR count). The van der Waals surface area contributed by atoms with E-state index < -0.39 is 8.07 Å². The number of rotatable bonds is 6. The summed E-state index contributed by atoms with van der Waals surface area (Å²) in [4.78, 5) is 6.27. The van der Waals surface area contributed by atoms with Crippen LogP contribution in [0, 0.1) is 0 Å². The van der Waals surface area contributed by atoms with Crippen LogP contribution in [0.2, 0.25) is 0 Å². The van der Waals surface area contributed by atoms with Crippen molar-refractivity contribution in [3.05, 3.63) is 188 Å². The van der Waals surface area contributed by atoms with E-state index in [1.807, 2.05) is 11.8 Å². The molecule has 1 aliphatic heterocycles. The van der Waals surface area contributed by atoms with Crippen LogP contribution in [0.3, 0.4) is 0 Å². The molecule has 0 amide bonds. The second-order valence-electron chi connectivity index (χ2n) is 12.3. The summed E-state index contributed by atoms with van der Waals surface area (Å²) in [5.41, 5.74) is 8.33. The number of benzene rings is 7. The molecule has 0 fully saturated rings. The first kappa shape index (κ1) is 28.8. The molecule has 2 heterocycles. The molecule has 0 N–H and O–H groups in total. The van der Waals surface area contributed by atoms with E-state index in [9.17, 15) is 0 Å². The van der Waals surface area contributed by atoms with E-state index in [4.69, 9.17) is 4.98 Å². The van der Waals surface area contributed by atoms with Gasteiger partial charge < -0.3 is 0 Å². The first-order valence-electron chi connectivity index (χ1n) is 16.4. The second kappa shape index (κ2) is 12.0. The SMILES string of the molecule is c1ccc(-c2cccc([Si](c3ccccc3)(c3ccccc3)c3cccc(-c4ccc5c(c4)-n4c(nc6ccccc64)CS5)c3)c2)cc1. The monoisotopic (exact) mass is 648 g/mol. The summed E-state index contributed by atoms with van der Waals surface area (Å²) >= 11 is 1.87. The van der Waals surface area contributed by atoms with Gasteiger partial charge in [-0.3, -0.25) is 4.57 Å². The van der Waals surface area contributed by atoms with E-state index in [0.717, 1.165) is 22.6 Å². The largest absolute Gasteiger partial charge is 0.294 e. The smallest absolute Gasteiger partial charge is 0.179 e. The Morgan fingerprint density at radius 2 is 0.979 bits per heavy atom. The third kappa shape index (κ3) is 4.76. The molecule has 4 heteroatoms. The maximum atomic E-state index is 4.98. The van der Waals surface area contributed by atoms with E-state index >= 15 is 0 Å². The first-order chi connectivity index (χ1) is 23.8. The number of aromatic nitrogens is 2. The average molecular weight is 649 g/mol. The molecule has 0 saturated heterocycles. The van der Waals surface area contributed by atoms with Gasteiger partial charge in [0.15, 0.2) is 8.07 Å². The number of fused-ring (bicyclic) bond motifs is 5. The molecule has 48 heavy (non-hydrogen) atoms. The maximum absolute atomic E-state index is 4.98. The molecule has 0 saturated carbocycles. The Kier molecular flexibility index (Phi) is 7.18. The highest BCUT2D eigenvalue weighted by atomic mass is 32.2. The van der Waals surface area contributed by atoms with Crippen molar-refractivity contribution in [3.63, 3.8) is 0 Å². The van der Waals surface area contributed by atoms with E-state index in [1.54, 1.807) is 0 Å². The summed E-state index contributed by atoms with van der Waals surface area (Å²) < 4.78 is 2.36. The standard InChI is InChI=1S/C44H32N2SSi/c1-4-14-32(15-5-1)33-16-12-22-38(28-33)48(36-18-6-2-7-19-36,37-20-8-3-9-21-37)39-23-13-17-34(29-39)35-26-27-43-42(30-35)46-41-25-11-10-24-40(41)45-44(46)31-47-43/h1-30H,31H2. The zero-order valence-electron chi connectivity index (χ0n) is 26.3. The van der Waals surface area contributed by atoms with Gasteiger partial charge in [0.05, 0.1) is 22.5 Å². The predicted octanol–water partition coefficient (Wildman–Crippen LogP) is 8.34. The maximum Gasteiger partial charge on any atom is 0.179 e. The van der Waals surface area contributed by atoms with Gasteiger partial charge in [0, 0.05) is 4.90 Å². The third-order valence-corrected chi connectivity index (χ3v) is 15.4. The number of thioether (sulfide) groups is 1. The molecule has 228 valence electrons. The van der Waals surface area contributed by atoms with Crippen molar-refractivity contribution < 1.29 is 0 Å². The van der Waals surface area contributed by atoms with Crippen LogP contribution in [-0.4, -0.2) is 17.6 Å². The fourth-order valence-corrected chi connectivity index (χ4v) is 13.2. The van der Waals surface area contributed by atoms with E-state index in [2.05, 4.69) is 187 Å². The molecule has 0 atom stereocenters. The van der Waals surface area contributed by atoms with Gasteiger partial charge in [0.25, 0.3) is 0 Å². The summed E-state index contributed by atoms with van der Waals surface area (Å²) in [6.07, 6.45) is 0. The number of para-hydroxylation sites is 2. The van der Waals surface area contributed by atoms with Gasteiger partial charge >= 0.3 is 0 Å². The lowest BCUT2D eigenvalue weighted by Gasteiger charge is -2.35. The Morgan fingerprint density at radius 1 is 0.458 bits per heavy atom. The van der Waals surface area contributed by atoms with Gasteiger partial charge in [-0.05, 0) is 67.3 Å². The minimum Gasteiger partial charge on any atom is -0.294 e. The Hall–Kier alpha value is -5.42. The topological polar surface area (TPSA) is 17.8 Å². The van der Waals surface area contributed by atoms with Crippen molar-refractivity contribution in [3.8, 4) is 27.9 Å². The molecule has 0 spiro atoms. The van der Waals surface area contributed by atoms with Gasteiger partial charge in [-0.25, -0.2) is 4.98 Å². The van der Waals surface area contributed by atoms with Crippen LogP contribution in [0.15, 0.2) is 187 Å². The van der Waals surface area contributed by atoms with Gasteiger partial charge in [0.2, 0.25) is 0 Å². The van der Waals surface area contributed by atoms with Crippen molar-refractivity contribution in [2.24, 2.45) is 0 Å².